The number of carbonyl (C=O) groups is 1. The molecule has 0 atom stereocenters. The average molecular weight is 604 g/mol. The Hall–Kier alpha value is -4.00. The highest BCUT2D eigenvalue weighted by molar-refractivity contribution is 7.99. The first-order valence-corrected chi connectivity index (χ1v) is 15.3. The van der Waals surface area contributed by atoms with Crippen molar-refractivity contribution in [2.45, 2.75) is 28.6 Å². The normalized spacial score (nSPS) is 14.0. The van der Waals surface area contributed by atoms with Gasteiger partial charge in [-0.3, -0.25) is 9.78 Å². The first kappa shape index (κ1) is 28.1. The maximum Gasteiger partial charge on any atom is 0.236 e. The topological polar surface area (TPSA) is 99.3 Å². The molecule has 1 saturated heterocycles. The van der Waals surface area contributed by atoms with Crippen molar-refractivity contribution in [2.75, 3.05) is 39.0 Å². The van der Waals surface area contributed by atoms with E-state index in [1.54, 1.807) is 47.6 Å². The molecule has 216 valence electrons. The lowest BCUT2D eigenvalue weighted by molar-refractivity contribution is -0.132. The number of H-pyrrole nitrogens is 1. The van der Waals surface area contributed by atoms with Crippen LogP contribution in [0.15, 0.2) is 76.2 Å². The highest BCUT2D eigenvalue weighted by Gasteiger charge is 2.25. The number of carbonyl (C=O) groups excluding carboxylic acids is 1. The summed E-state index contributed by atoms with van der Waals surface area (Å²) in [6.07, 6.45) is 7.17. The summed E-state index contributed by atoms with van der Waals surface area (Å²) >= 11 is 3.23. The number of nitrogens with one attached hydrogen (secondary N) is 2. The average Bonchev–Trinajstić information content (AvgIpc) is 3.66. The number of fused-ring (bicyclic) bond motifs is 1. The number of aromatic nitrogens is 4. The van der Waals surface area contributed by atoms with Crippen molar-refractivity contribution in [3.8, 4) is 11.5 Å². The molecule has 0 saturated carbocycles. The van der Waals surface area contributed by atoms with Gasteiger partial charge in [0, 0.05) is 53.0 Å². The van der Waals surface area contributed by atoms with Crippen LogP contribution in [0.1, 0.15) is 24.5 Å². The molecule has 5 aromatic rings. The number of anilines is 2. The molecule has 1 fully saturated rings. The van der Waals surface area contributed by atoms with Crippen LogP contribution in [0.25, 0.3) is 10.2 Å². The van der Waals surface area contributed by atoms with E-state index in [0.29, 0.717) is 29.8 Å². The highest BCUT2D eigenvalue weighted by Crippen LogP contribution is 2.39. The lowest BCUT2D eigenvalue weighted by atomic mass is 9.94. The number of likely N-dealkylation sites (N-methyl/N-ethyl adjacent to an activating group) is 1. The summed E-state index contributed by atoms with van der Waals surface area (Å²) in [5.41, 5.74) is 1.97. The molecule has 6 rings (SSSR count). The van der Waals surface area contributed by atoms with Crippen LogP contribution < -0.4 is 10.1 Å². The van der Waals surface area contributed by atoms with Crippen LogP contribution in [0, 0.1) is 5.82 Å². The summed E-state index contributed by atoms with van der Waals surface area (Å²) in [5.74, 6) is 2.10. The molecule has 9 nitrogen and oxygen atoms in total. The molecule has 0 radical (unpaired) electrons. The molecule has 0 aliphatic carbocycles. The lowest BCUT2D eigenvalue weighted by Gasteiger charge is -2.32. The molecule has 2 N–H and O–H groups in total. The number of benzene rings is 1. The van der Waals surface area contributed by atoms with E-state index in [2.05, 4.69) is 25.3 Å². The van der Waals surface area contributed by atoms with Gasteiger partial charge >= 0.3 is 0 Å². The van der Waals surface area contributed by atoms with Gasteiger partial charge in [0.05, 0.1) is 23.0 Å². The molecule has 4 aromatic heterocycles. The highest BCUT2D eigenvalue weighted by atomic mass is 32.2. The standard InChI is InChI=1S/C30H30FN7O2S2/c1-37(2)18-27(39)38-12-8-19(9-13-38)24-17-34-30(35-24)36-29-25(40-21-5-3-20(31)4-6-21)15-22(16-33-29)42-26-7-11-32-23-10-14-41-28(23)26/h3-7,10-11,14-17,19H,8-9,12-13,18H2,1-2H3,(H2,33,34,35,36). The van der Waals surface area contributed by atoms with Gasteiger partial charge in [-0.2, -0.15) is 0 Å². The van der Waals surface area contributed by atoms with Gasteiger partial charge in [-0.15, -0.1) is 11.3 Å². The maximum absolute atomic E-state index is 13.5. The summed E-state index contributed by atoms with van der Waals surface area (Å²) in [6, 6.07) is 11.8. The summed E-state index contributed by atoms with van der Waals surface area (Å²) in [4.78, 5) is 35.3. The smallest absolute Gasteiger partial charge is 0.236 e. The van der Waals surface area contributed by atoms with E-state index >= 15 is 0 Å². The molecule has 1 aliphatic heterocycles. The number of pyridine rings is 2. The van der Waals surface area contributed by atoms with E-state index in [1.165, 1.54) is 12.1 Å². The molecule has 1 aliphatic rings. The quantitative estimate of drug-likeness (QED) is 0.197. The summed E-state index contributed by atoms with van der Waals surface area (Å²) in [5, 5.41) is 5.29. The second-order valence-corrected chi connectivity index (χ2v) is 12.4. The Balaban J connectivity index is 1.19. The summed E-state index contributed by atoms with van der Waals surface area (Å²) in [6.45, 7) is 1.88. The SMILES string of the molecule is CN(C)CC(=O)N1CCC(c2cnc(Nc3ncc(Sc4ccnc5ccsc45)cc3Oc3ccc(F)cc3)[nH]2)CC1. The fraction of sp³-hybridized carbons (Fsp3) is 0.267. The van der Waals surface area contributed by atoms with E-state index in [4.69, 9.17) is 4.74 Å². The van der Waals surface area contributed by atoms with Crippen molar-refractivity contribution in [1.29, 1.82) is 0 Å². The number of hydrogen-bond donors (Lipinski definition) is 2. The molecule has 1 aromatic carbocycles. The number of likely N-dealkylation sites (tertiary alicyclic amines) is 1. The number of imidazole rings is 1. The second-order valence-electron chi connectivity index (χ2n) is 10.3. The van der Waals surface area contributed by atoms with Crippen molar-refractivity contribution < 1.29 is 13.9 Å². The Kier molecular flexibility index (Phi) is 8.36. The van der Waals surface area contributed by atoms with Crippen molar-refractivity contribution in [1.82, 2.24) is 29.7 Å². The van der Waals surface area contributed by atoms with E-state index in [1.807, 2.05) is 53.7 Å². The minimum Gasteiger partial charge on any atom is -0.453 e. The van der Waals surface area contributed by atoms with Crippen LogP contribution in [-0.4, -0.2) is 69.4 Å². The van der Waals surface area contributed by atoms with Gasteiger partial charge in [0.15, 0.2) is 11.6 Å². The Morgan fingerprint density at radius 1 is 1.14 bits per heavy atom. The largest absolute Gasteiger partial charge is 0.453 e. The molecule has 0 spiro atoms. The monoisotopic (exact) mass is 603 g/mol. The Morgan fingerprint density at radius 2 is 1.95 bits per heavy atom. The minimum atomic E-state index is -0.336. The number of piperidine rings is 1. The fourth-order valence-electron chi connectivity index (χ4n) is 4.87. The fourth-order valence-corrected chi connectivity index (χ4v) is 6.75. The van der Waals surface area contributed by atoms with Crippen LogP contribution in [0.5, 0.6) is 11.5 Å². The van der Waals surface area contributed by atoms with Crippen LogP contribution in [0.3, 0.4) is 0 Å². The zero-order valence-corrected chi connectivity index (χ0v) is 24.8. The second kappa shape index (κ2) is 12.5. The van der Waals surface area contributed by atoms with Gasteiger partial charge in [0.2, 0.25) is 11.9 Å². The van der Waals surface area contributed by atoms with Crippen molar-refractivity contribution in [3.05, 3.63) is 77.9 Å². The van der Waals surface area contributed by atoms with E-state index in [9.17, 15) is 9.18 Å². The van der Waals surface area contributed by atoms with Gasteiger partial charge in [0.25, 0.3) is 0 Å². The number of hydrogen-bond acceptors (Lipinski definition) is 9. The predicted octanol–water partition coefficient (Wildman–Crippen LogP) is 6.51. The summed E-state index contributed by atoms with van der Waals surface area (Å²) in [7, 11) is 3.81. The zero-order chi connectivity index (χ0) is 29.1. The lowest BCUT2D eigenvalue weighted by Crippen LogP contribution is -2.42. The molecular formula is C30H30FN7O2S2. The number of halogens is 1. The van der Waals surface area contributed by atoms with Crippen LogP contribution in [-0.2, 0) is 4.79 Å². The molecule has 5 heterocycles. The zero-order valence-electron chi connectivity index (χ0n) is 23.2. The number of ether oxygens (including phenoxy) is 1. The van der Waals surface area contributed by atoms with Gasteiger partial charge in [-0.25, -0.2) is 14.4 Å². The molecular weight excluding hydrogens is 574 g/mol. The Bertz CT molecular complexity index is 1680. The predicted molar refractivity (Wildman–Crippen MR) is 163 cm³/mol. The molecule has 0 bridgehead atoms. The number of aromatic amines is 1. The first-order valence-electron chi connectivity index (χ1n) is 13.6. The summed E-state index contributed by atoms with van der Waals surface area (Å²) < 4.78 is 20.8. The van der Waals surface area contributed by atoms with E-state index < -0.39 is 0 Å². The van der Waals surface area contributed by atoms with Gasteiger partial charge in [-0.05, 0) is 68.7 Å². The number of rotatable bonds is 9. The third-order valence-electron chi connectivity index (χ3n) is 6.98. The maximum atomic E-state index is 13.5. The number of amides is 1. The molecule has 42 heavy (non-hydrogen) atoms. The van der Waals surface area contributed by atoms with Crippen LogP contribution in [0.4, 0.5) is 16.2 Å². The Morgan fingerprint density at radius 3 is 2.74 bits per heavy atom. The van der Waals surface area contributed by atoms with Crippen molar-refractivity contribution >= 4 is 51.0 Å². The Labute approximate surface area is 251 Å². The van der Waals surface area contributed by atoms with Crippen molar-refractivity contribution in [2.24, 2.45) is 0 Å². The number of nitrogens with zero attached hydrogens (tertiary/aromatic N) is 5. The number of thiophene rings is 1. The van der Waals surface area contributed by atoms with Gasteiger partial charge in [-0.1, -0.05) is 11.8 Å². The van der Waals surface area contributed by atoms with Gasteiger partial charge < -0.3 is 24.8 Å². The minimum absolute atomic E-state index is 0.163. The van der Waals surface area contributed by atoms with E-state index in [-0.39, 0.29) is 17.6 Å². The molecule has 1 amide bonds. The third-order valence-corrected chi connectivity index (χ3v) is 9.06. The third kappa shape index (κ3) is 6.56. The van der Waals surface area contributed by atoms with Crippen molar-refractivity contribution in [3.63, 3.8) is 0 Å². The van der Waals surface area contributed by atoms with E-state index in [0.717, 1.165) is 51.6 Å². The molecule has 12 heteroatoms. The van der Waals surface area contributed by atoms with Gasteiger partial charge in [0.1, 0.15) is 11.6 Å². The first-order chi connectivity index (χ1) is 20.4. The van der Waals surface area contributed by atoms with Crippen LogP contribution in [0.2, 0.25) is 0 Å². The molecule has 0 unspecified atom stereocenters. The van der Waals surface area contributed by atoms with Crippen LogP contribution >= 0.6 is 23.1 Å².